The first-order chi connectivity index (χ1) is 16.7. The zero-order chi connectivity index (χ0) is 25.2. The van der Waals surface area contributed by atoms with Crippen molar-refractivity contribution >= 4 is 45.4 Å². The number of carbonyl (C=O) groups excluding carboxylic acids is 1. The summed E-state index contributed by atoms with van der Waals surface area (Å²) in [6.45, 7) is 1.65. The van der Waals surface area contributed by atoms with Crippen molar-refractivity contribution in [1.29, 1.82) is 0 Å². The van der Waals surface area contributed by atoms with Gasteiger partial charge in [0.25, 0.3) is 0 Å². The van der Waals surface area contributed by atoms with Crippen LogP contribution in [0, 0.1) is 24.5 Å². The molecule has 1 fully saturated rings. The van der Waals surface area contributed by atoms with Crippen LogP contribution >= 0.6 is 11.6 Å². The fourth-order valence-electron chi connectivity index (χ4n) is 3.90. The standard InChI is InChI=1S/C24H22ClF2N3O4S/c1-15-23(22(34-29-15)11-8-16-5-2-3-7-20(16)27)35(32,33)30-12-4-6-17(14-30)24(31)28-21-10-9-18(26)13-19(21)25/h2-3,5,7-11,13,17H,4,6,12,14H2,1H3,(H,28,31)/b11-8+/t17-/m0/s1. The highest BCUT2D eigenvalue weighted by molar-refractivity contribution is 7.89. The molecule has 3 aromatic rings. The maximum Gasteiger partial charge on any atom is 0.248 e. The SMILES string of the molecule is Cc1noc(/C=C/c2ccccc2F)c1S(=O)(=O)N1CCC[C@H](C(=O)Nc2ccc(F)cc2Cl)C1. The highest BCUT2D eigenvalue weighted by Crippen LogP contribution is 2.30. The summed E-state index contributed by atoms with van der Waals surface area (Å²) in [7, 11) is -4.07. The Morgan fingerprint density at radius 1 is 1.23 bits per heavy atom. The first-order valence-electron chi connectivity index (χ1n) is 10.8. The molecule has 1 aliphatic heterocycles. The van der Waals surface area contributed by atoms with Gasteiger partial charge in [0, 0.05) is 18.7 Å². The second-order valence-electron chi connectivity index (χ2n) is 8.13. The highest BCUT2D eigenvalue weighted by Gasteiger charge is 2.37. The van der Waals surface area contributed by atoms with Crippen LogP contribution in [-0.4, -0.2) is 36.9 Å². The van der Waals surface area contributed by atoms with Crippen molar-refractivity contribution in [3.05, 3.63) is 76.1 Å². The second-order valence-corrected chi connectivity index (χ2v) is 10.4. The Labute approximate surface area is 206 Å². The van der Waals surface area contributed by atoms with Crippen LogP contribution in [0.25, 0.3) is 12.2 Å². The van der Waals surface area contributed by atoms with Gasteiger partial charge in [-0.25, -0.2) is 17.2 Å². The zero-order valence-corrected chi connectivity index (χ0v) is 20.2. The molecule has 0 radical (unpaired) electrons. The van der Waals surface area contributed by atoms with Crippen molar-refractivity contribution in [1.82, 2.24) is 9.46 Å². The number of carbonyl (C=O) groups is 1. The number of benzene rings is 2. The minimum atomic E-state index is -4.07. The van der Waals surface area contributed by atoms with E-state index in [0.29, 0.717) is 12.8 Å². The number of nitrogens with zero attached hydrogens (tertiary/aromatic N) is 2. The third-order valence-corrected chi connectivity index (χ3v) is 8.03. The summed E-state index contributed by atoms with van der Waals surface area (Å²) in [6, 6.07) is 9.65. The van der Waals surface area contributed by atoms with E-state index in [1.165, 1.54) is 41.6 Å². The van der Waals surface area contributed by atoms with Crippen molar-refractivity contribution in [2.24, 2.45) is 5.92 Å². The molecule has 1 atom stereocenters. The Balaban J connectivity index is 1.54. The summed E-state index contributed by atoms with van der Waals surface area (Å²) in [5, 5.41) is 6.48. The van der Waals surface area contributed by atoms with E-state index in [9.17, 15) is 22.0 Å². The van der Waals surface area contributed by atoms with E-state index in [0.717, 1.165) is 6.07 Å². The number of rotatable bonds is 6. The van der Waals surface area contributed by atoms with E-state index >= 15 is 0 Å². The lowest BCUT2D eigenvalue weighted by Crippen LogP contribution is -2.43. The van der Waals surface area contributed by atoms with Crippen LogP contribution < -0.4 is 5.32 Å². The number of nitrogens with one attached hydrogen (secondary N) is 1. The summed E-state index contributed by atoms with van der Waals surface area (Å²) in [4.78, 5) is 12.7. The Kier molecular flexibility index (Phi) is 7.34. The minimum Gasteiger partial charge on any atom is -0.355 e. The largest absolute Gasteiger partial charge is 0.355 e. The van der Waals surface area contributed by atoms with E-state index in [-0.39, 0.29) is 45.7 Å². The molecule has 11 heteroatoms. The first kappa shape index (κ1) is 25.0. The number of halogens is 3. The smallest absolute Gasteiger partial charge is 0.248 e. The maximum absolute atomic E-state index is 14.0. The monoisotopic (exact) mass is 521 g/mol. The molecular formula is C24H22ClF2N3O4S. The second kappa shape index (κ2) is 10.3. The number of sulfonamides is 1. The van der Waals surface area contributed by atoms with E-state index in [1.54, 1.807) is 18.2 Å². The van der Waals surface area contributed by atoms with Crippen LogP contribution in [0.4, 0.5) is 14.5 Å². The molecule has 1 aromatic heterocycles. The van der Waals surface area contributed by atoms with Crippen LogP contribution in [0.3, 0.4) is 0 Å². The molecule has 2 heterocycles. The van der Waals surface area contributed by atoms with Gasteiger partial charge >= 0.3 is 0 Å². The van der Waals surface area contributed by atoms with Crippen LogP contribution in [0.2, 0.25) is 5.02 Å². The Bertz CT molecular complexity index is 1390. The van der Waals surface area contributed by atoms with Crippen LogP contribution in [-0.2, 0) is 14.8 Å². The first-order valence-corrected chi connectivity index (χ1v) is 12.6. The molecule has 0 saturated carbocycles. The predicted molar refractivity (Wildman–Crippen MR) is 128 cm³/mol. The van der Waals surface area contributed by atoms with Gasteiger partial charge in [-0.15, -0.1) is 0 Å². The van der Waals surface area contributed by atoms with Crippen LogP contribution in [0.5, 0.6) is 0 Å². The lowest BCUT2D eigenvalue weighted by Gasteiger charge is -2.31. The average Bonchev–Trinajstić information content (AvgIpc) is 3.21. The third kappa shape index (κ3) is 5.44. The number of hydrogen-bond donors (Lipinski definition) is 1. The topological polar surface area (TPSA) is 92.5 Å². The molecule has 1 aliphatic rings. The molecule has 0 unspecified atom stereocenters. The Morgan fingerprint density at radius 2 is 2.00 bits per heavy atom. The molecular weight excluding hydrogens is 500 g/mol. The Hall–Kier alpha value is -3.08. The zero-order valence-electron chi connectivity index (χ0n) is 18.7. The van der Waals surface area contributed by atoms with Crippen LogP contribution in [0.15, 0.2) is 51.9 Å². The van der Waals surface area contributed by atoms with E-state index in [1.807, 2.05) is 0 Å². The number of amides is 1. The molecule has 2 aromatic carbocycles. The van der Waals surface area contributed by atoms with Gasteiger partial charge in [0.2, 0.25) is 15.9 Å². The molecule has 1 amide bonds. The summed E-state index contributed by atoms with van der Waals surface area (Å²) < 4.78 is 60.7. The predicted octanol–water partition coefficient (Wildman–Crippen LogP) is 5.12. The minimum absolute atomic E-state index is 0.0320. The Morgan fingerprint density at radius 3 is 2.74 bits per heavy atom. The number of aromatic nitrogens is 1. The lowest BCUT2D eigenvalue weighted by molar-refractivity contribution is -0.120. The molecule has 1 N–H and O–H groups in total. The maximum atomic E-state index is 14.0. The van der Waals surface area contributed by atoms with E-state index in [4.69, 9.17) is 16.1 Å². The van der Waals surface area contributed by atoms with E-state index < -0.39 is 33.5 Å². The fraction of sp³-hybridized carbons (Fsp3) is 0.250. The number of hydrogen-bond acceptors (Lipinski definition) is 5. The van der Waals surface area contributed by atoms with Crippen molar-refractivity contribution in [3.63, 3.8) is 0 Å². The molecule has 35 heavy (non-hydrogen) atoms. The average molecular weight is 522 g/mol. The van der Waals surface area contributed by atoms with Gasteiger partial charge < -0.3 is 9.84 Å². The van der Waals surface area contributed by atoms with Gasteiger partial charge in [0.05, 0.1) is 16.6 Å². The molecule has 0 bridgehead atoms. The van der Waals surface area contributed by atoms with Gasteiger partial charge in [-0.3, -0.25) is 4.79 Å². The van der Waals surface area contributed by atoms with Gasteiger partial charge in [0.15, 0.2) is 10.7 Å². The van der Waals surface area contributed by atoms with Gasteiger partial charge in [-0.2, -0.15) is 4.31 Å². The summed E-state index contributed by atoms with van der Waals surface area (Å²) in [6.07, 6.45) is 3.70. The molecule has 184 valence electrons. The molecule has 0 spiro atoms. The number of piperidine rings is 1. The fourth-order valence-corrected chi connectivity index (χ4v) is 5.89. The molecule has 7 nitrogen and oxygen atoms in total. The van der Waals surface area contributed by atoms with E-state index in [2.05, 4.69) is 10.5 Å². The van der Waals surface area contributed by atoms with Crippen molar-refractivity contribution in [3.8, 4) is 0 Å². The number of anilines is 1. The molecule has 1 saturated heterocycles. The van der Waals surface area contributed by atoms with Crippen molar-refractivity contribution in [2.45, 2.75) is 24.7 Å². The van der Waals surface area contributed by atoms with Crippen molar-refractivity contribution < 1.29 is 26.5 Å². The summed E-state index contributed by atoms with van der Waals surface area (Å²) in [5.74, 6) is -2.09. The molecule has 4 rings (SSSR count). The third-order valence-electron chi connectivity index (χ3n) is 5.69. The highest BCUT2D eigenvalue weighted by atomic mass is 35.5. The number of aryl methyl sites for hydroxylation is 1. The molecule has 0 aliphatic carbocycles. The summed E-state index contributed by atoms with van der Waals surface area (Å²) >= 11 is 5.99. The lowest BCUT2D eigenvalue weighted by atomic mass is 9.98. The van der Waals surface area contributed by atoms with Crippen molar-refractivity contribution in [2.75, 3.05) is 18.4 Å². The van der Waals surface area contributed by atoms with Gasteiger partial charge in [0.1, 0.15) is 17.3 Å². The van der Waals surface area contributed by atoms with Crippen LogP contribution in [0.1, 0.15) is 29.9 Å². The van der Waals surface area contributed by atoms with Gasteiger partial charge in [-0.1, -0.05) is 35.0 Å². The quantitative estimate of drug-likeness (QED) is 0.486. The van der Waals surface area contributed by atoms with Gasteiger partial charge in [-0.05, 0) is 56.2 Å². The normalized spacial score (nSPS) is 17.1. The summed E-state index contributed by atoms with van der Waals surface area (Å²) in [5.41, 5.74) is 0.662.